The van der Waals surface area contributed by atoms with Crippen LogP contribution in [0, 0.1) is 0 Å². The average molecular weight is 459 g/mol. The monoisotopic (exact) mass is 458 g/mol. The first-order chi connectivity index (χ1) is 15.3. The van der Waals surface area contributed by atoms with Crippen LogP contribution in [-0.2, 0) is 14.8 Å². The van der Waals surface area contributed by atoms with Crippen molar-refractivity contribution in [2.75, 3.05) is 49.5 Å². The van der Waals surface area contributed by atoms with Gasteiger partial charge in [0, 0.05) is 50.5 Å². The standard InChI is InChI=1S/C24H34N4O3S/c1-4-27-15-17-28(18-16-27)22-9-7-21(8-10-22)26-24(29)13-14-25-32(30,31)23-11-5-20(6-12-23)19(2)3/h5-12,19,25H,4,13-18H2,1-3H3,(H,26,29). The molecule has 1 aliphatic rings. The Labute approximate surface area is 191 Å². The van der Waals surface area contributed by atoms with Crippen LogP contribution in [0.25, 0.3) is 0 Å². The molecule has 1 amide bonds. The van der Waals surface area contributed by atoms with Gasteiger partial charge in [-0.2, -0.15) is 0 Å². The predicted octanol–water partition coefficient (Wildman–Crippen LogP) is 3.26. The van der Waals surface area contributed by atoms with E-state index in [1.807, 2.05) is 36.4 Å². The van der Waals surface area contributed by atoms with E-state index >= 15 is 0 Å². The third kappa shape index (κ3) is 6.54. The predicted molar refractivity (Wildman–Crippen MR) is 130 cm³/mol. The molecular formula is C24H34N4O3S. The first-order valence-electron chi connectivity index (χ1n) is 11.3. The Balaban J connectivity index is 1.45. The summed E-state index contributed by atoms with van der Waals surface area (Å²) in [5.74, 6) is 0.107. The van der Waals surface area contributed by atoms with Crippen LogP contribution in [0.3, 0.4) is 0 Å². The number of rotatable bonds is 9. The van der Waals surface area contributed by atoms with Gasteiger partial charge in [-0.1, -0.05) is 32.9 Å². The molecule has 1 heterocycles. The average Bonchev–Trinajstić information content (AvgIpc) is 2.79. The van der Waals surface area contributed by atoms with Crippen molar-refractivity contribution in [3.8, 4) is 0 Å². The van der Waals surface area contributed by atoms with Gasteiger partial charge < -0.3 is 15.1 Å². The Hall–Kier alpha value is -2.42. The van der Waals surface area contributed by atoms with Gasteiger partial charge in [-0.25, -0.2) is 13.1 Å². The summed E-state index contributed by atoms with van der Waals surface area (Å²) in [6.07, 6.45) is 0.0596. The van der Waals surface area contributed by atoms with E-state index < -0.39 is 10.0 Å². The van der Waals surface area contributed by atoms with E-state index in [-0.39, 0.29) is 23.8 Å². The number of nitrogens with zero attached hydrogens (tertiary/aromatic N) is 2. The van der Waals surface area contributed by atoms with Gasteiger partial charge in [0.25, 0.3) is 0 Å². The molecule has 0 aromatic heterocycles. The molecule has 0 aliphatic carbocycles. The van der Waals surface area contributed by atoms with E-state index in [9.17, 15) is 13.2 Å². The summed E-state index contributed by atoms with van der Waals surface area (Å²) in [6, 6.07) is 14.6. The van der Waals surface area contributed by atoms with Crippen molar-refractivity contribution in [1.29, 1.82) is 0 Å². The number of piperazine rings is 1. The molecule has 0 radical (unpaired) electrons. The van der Waals surface area contributed by atoms with Crippen LogP contribution in [0.2, 0.25) is 0 Å². The fraction of sp³-hybridized carbons (Fsp3) is 0.458. The topological polar surface area (TPSA) is 81.8 Å². The Bertz CT molecular complexity index is 981. The maximum atomic E-state index is 12.4. The molecule has 7 nitrogen and oxygen atoms in total. The molecule has 3 rings (SSSR count). The van der Waals surface area contributed by atoms with Crippen molar-refractivity contribution in [3.63, 3.8) is 0 Å². The summed E-state index contributed by atoms with van der Waals surface area (Å²) in [6.45, 7) is 11.5. The van der Waals surface area contributed by atoms with Gasteiger partial charge in [-0.3, -0.25) is 4.79 Å². The third-order valence-electron chi connectivity index (χ3n) is 5.84. The maximum Gasteiger partial charge on any atom is 0.240 e. The highest BCUT2D eigenvalue weighted by molar-refractivity contribution is 7.89. The van der Waals surface area contributed by atoms with Gasteiger partial charge in [0.15, 0.2) is 0 Å². The van der Waals surface area contributed by atoms with Crippen molar-refractivity contribution in [3.05, 3.63) is 54.1 Å². The summed E-state index contributed by atoms with van der Waals surface area (Å²) in [7, 11) is -3.63. The number of sulfonamides is 1. The second-order valence-corrected chi connectivity index (χ2v) is 10.2. The van der Waals surface area contributed by atoms with Gasteiger partial charge in [0.05, 0.1) is 4.90 Å². The largest absolute Gasteiger partial charge is 0.369 e. The maximum absolute atomic E-state index is 12.4. The highest BCUT2D eigenvalue weighted by Gasteiger charge is 2.16. The number of hydrogen-bond donors (Lipinski definition) is 2. The summed E-state index contributed by atoms with van der Waals surface area (Å²) in [5, 5.41) is 2.83. The lowest BCUT2D eigenvalue weighted by molar-refractivity contribution is -0.116. The van der Waals surface area contributed by atoms with Crippen LogP contribution >= 0.6 is 0 Å². The van der Waals surface area contributed by atoms with Gasteiger partial charge in [-0.05, 0) is 54.4 Å². The smallest absolute Gasteiger partial charge is 0.240 e. The lowest BCUT2D eigenvalue weighted by Gasteiger charge is -2.35. The second-order valence-electron chi connectivity index (χ2n) is 8.39. The zero-order valence-electron chi connectivity index (χ0n) is 19.2. The zero-order valence-corrected chi connectivity index (χ0v) is 20.0. The number of carbonyl (C=O) groups is 1. The first-order valence-corrected chi connectivity index (χ1v) is 12.7. The molecule has 174 valence electrons. The molecule has 1 saturated heterocycles. The molecule has 0 bridgehead atoms. The fourth-order valence-electron chi connectivity index (χ4n) is 3.72. The highest BCUT2D eigenvalue weighted by atomic mass is 32.2. The molecule has 32 heavy (non-hydrogen) atoms. The molecule has 0 unspecified atom stereocenters. The van der Waals surface area contributed by atoms with E-state index in [1.165, 1.54) is 0 Å². The van der Waals surface area contributed by atoms with E-state index in [0.717, 1.165) is 44.0 Å². The minimum atomic E-state index is -3.63. The molecule has 2 aromatic carbocycles. The van der Waals surface area contributed by atoms with Crippen molar-refractivity contribution >= 4 is 27.3 Å². The van der Waals surface area contributed by atoms with Gasteiger partial charge in [-0.15, -0.1) is 0 Å². The molecule has 2 N–H and O–H groups in total. The molecule has 1 fully saturated rings. The second kappa shape index (κ2) is 10.9. The highest BCUT2D eigenvalue weighted by Crippen LogP contribution is 2.20. The molecule has 0 saturated carbocycles. The van der Waals surface area contributed by atoms with Crippen LogP contribution in [0.15, 0.2) is 53.4 Å². The van der Waals surface area contributed by atoms with E-state index in [1.54, 1.807) is 12.1 Å². The lowest BCUT2D eigenvalue weighted by Crippen LogP contribution is -2.46. The van der Waals surface area contributed by atoms with Crippen molar-refractivity contribution in [1.82, 2.24) is 9.62 Å². The van der Waals surface area contributed by atoms with Crippen LogP contribution in [-0.4, -0.2) is 58.5 Å². The molecule has 1 aliphatic heterocycles. The van der Waals surface area contributed by atoms with E-state index in [2.05, 4.69) is 40.6 Å². The lowest BCUT2D eigenvalue weighted by atomic mass is 10.0. The van der Waals surface area contributed by atoms with Crippen molar-refractivity contribution < 1.29 is 13.2 Å². The SMILES string of the molecule is CCN1CCN(c2ccc(NC(=O)CCNS(=O)(=O)c3ccc(C(C)C)cc3)cc2)CC1. The number of nitrogens with one attached hydrogen (secondary N) is 2. The number of anilines is 2. The van der Waals surface area contributed by atoms with Gasteiger partial charge >= 0.3 is 0 Å². The fourth-order valence-corrected chi connectivity index (χ4v) is 4.75. The molecular weight excluding hydrogens is 424 g/mol. The third-order valence-corrected chi connectivity index (χ3v) is 7.31. The van der Waals surface area contributed by atoms with Crippen LogP contribution in [0.1, 0.15) is 38.7 Å². The first kappa shape index (κ1) is 24.2. The van der Waals surface area contributed by atoms with Crippen LogP contribution in [0.4, 0.5) is 11.4 Å². The van der Waals surface area contributed by atoms with Crippen LogP contribution < -0.4 is 14.9 Å². The van der Waals surface area contributed by atoms with E-state index in [4.69, 9.17) is 0 Å². The zero-order chi connectivity index (χ0) is 23.1. The molecule has 8 heteroatoms. The van der Waals surface area contributed by atoms with Crippen molar-refractivity contribution in [2.24, 2.45) is 0 Å². The Morgan fingerprint density at radius 3 is 2.16 bits per heavy atom. The number of carbonyl (C=O) groups excluding carboxylic acids is 1. The molecule has 0 spiro atoms. The summed E-state index contributed by atoms with van der Waals surface area (Å²) >= 11 is 0. The number of likely N-dealkylation sites (N-methyl/N-ethyl adjacent to an activating group) is 1. The molecule has 0 atom stereocenters. The number of amides is 1. The van der Waals surface area contributed by atoms with Gasteiger partial charge in [0.2, 0.25) is 15.9 Å². The summed E-state index contributed by atoms with van der Waals surface area (Å²) < 4.78 is 27.4. The molecule has 2 aromatic rings. The quantitative estimate of drug-likeness (QED) is 0.603. The van der Waals surface area contributed by atoms with Crippen molar-refractivity contribution in [2.45, 2.75) is 38.0 Å². The number of hydrogen-bond acceptors (Lipinski definition) is 5. The number of benzene rings is 2. The Morgan fingerprint density at radius 1 is 0.969 bits per heavy atom. The van der Waals surface area contributed by atoms with Crippen LogP contribution in [0.5, 0.6) is 0 Å². The minimum absolute atomic E-state index is 0.0416. The summed E-state index contributed by atoms with van der Waals surface area (Å²) in [5.41, 5.74) is 2.94. The van der Waals surface area contributed by atoms with Gasteiger partial charge in [0.1, 0.15) is 0 Å². The summed E-state index contributed by atoms with van der Waals surface area (Å²) in [4.78, 5) is 17.2. The van der Waals surface area contributed by atoms with E-state index in [0.29, 0.717) is 11.6 Å². The Kier molecular flexibility index (Phi) is 8.28. The Morgan fingerprint density at radius 2 is 1.59 bits per heavy atom. The normalized spacial score (nSPS) is 15.2. The minimum Gasteiger partial charge on any atom is -0.369 e.